The zero-order valence-electron chi connectivity index (χ0n) is 13.1. The Morgan fingerprint density at radius 3 is 2.56 bits per heavy atom. The lowest BCUT2D eigenvalue weighted by molar-refractivity contribution is -0.137. The number of nitrogens with one attached hydrogen (secondary N) is 1. The monoisotopic (exact) mass is 346 g/mol. The number of rotatable bonds is 3. The van der Waals surface area contributed by atoms with Crippen molar-refractivity contribution in [2.75, 3.05) is 12.4 Å². The molecular formula is C18H13F3N2O2. The fourth-order valence-corrected chi connectivity index (χ4v) is 2.46. The molecular weight excluding hydrogens is 333 g/mol. The molecule has 25 heavy (non-hydrogen) atoms. The molecule has 0 fully saturated rings. The van der Waals surface area contributed by atoms with Gasteiger partial charge in [-0.15, -0.1) is 0 Å². The van der Waals surface area contributed by atoms with Crippen LogP contribution < -0.4 is 5.32 Å². The number of para-hydroxylation sites is 1. The zero-order chi connectivity index (χ0) is 18.0. The number of halogens is 3. The Balaban J connectivity index is 2.05. The summed E-state index contributed by atoms with van der Waals surface area (Å²) < 4.78 is 43.3. The Morgan fingerprint density at radius 1 is 1.08 bits per heavy atom. The quantitative estimate of drug-likeness (QED) is 0.693. The van der Waals surface area contributed by atoms with Gasteiger partial charge in [0, 0.05) is 17.3 Å². The van der Waals surface area contributed by atoms with Crippen molar-refractivity contribution < 1.29 is 22.7 Å². The molecule has 0 saturated carbocycles. The average Bonchev–Trinajstić information content (AvgIpc) is 2.60. The molecule has 2 aromatic carbocycles. The molecule has 1 heterocycles. The second-order valence-corrected chi connectivity index (χ2v) is 5.25. The van der Waals surface area contributed by atoms with Crippen LogP contribution in [0.3, 0.4) is 0 Å². The van der Waals surface area contributed by atoms with Crippen molar-refractivity contribution in [3.05, 3.63) is 65.9 Å². The van der Waals surface area contributed by atoms with E-state index in [2.05, 4.69) is 10.3 Å². The second kappa shape index (κ2) is 6.43. The largest absolute Gasteiger partial charge is 0.465 e. The molecule has 4 nitrogen and oxygen atoms in total. The van der Waals surface area contributed by atoms with E-state index in [9.17, 15) is 18.0 Å². The molecule has 7 heteroatoms. The van der Waals surface area contributed by atoms with E-state index in [1.165, 1.54) is 19.4 Å². The number of fused-ring (bicyclic) bond motifs is 1. The van der Waals surface area contributed by atoms with Gasteiger partial charge in [0.05, 0.1) is 29.4 Å². The van der Waals surface area contributed by atoms with Gasteiger partial charge < -0.3 is 10.1 Å². The van der Waals surface area contributed by atoms with Crippen molar-refractivity contribution in [2.24, 2.45) is 0 Å². The summed E-state index contributed by atoms with van der Waals surface area (Å²) in [5, 5.41) is 3.58. The van der Waals surface area contributed by atoms with Crippen LogP contribution in [0.4, 0.5) is 24.5 Å². The fourth-order valence-electron chi connectivity index (χ4n) is 2.46. The average molecular weight is 346 g/mol. The minimum absolute atomic E-state index is 0.204. The number of carbonyl (C=O) groups excluding carboxylic acids is 1. The van der Waals surface area contributed by atoms with Crippen LogP contribution in [0.25, 0.3) is 10.9 Å². The fraction of sp³-hybridized carbons (Fsp3) is 0.111. The predicted molar refractivity (Wildman–Crippen MR) is 87.8 cm³/mol. The summed E-state index contributed by atoms with van der Waals surface area (Å²) in [6, 6.07) is 11.7. The van der Waals surface area contributed by atoms with E-state index in [4.69, 9.17) is 4.74 Å². The Hall–Kier alpha value is -3.09. The summed E-state index contributed by atoms with van der Waals surface area (Å²) in [6.45, 7) is 0. The lowest BCUT2D eigenvalue weighted by Gasteiger charge is -2.13. The zero-order valence-corrected chi connectivity index (χ0v) is 13.1. The van der Waals surface area contributed by atoms with E-state index in [0.29, 0.717) is 22.3 Å². The van der Waals surface area contributed by atoms with Crippen LogP contribution in [0.5, 0.6) is 0 Å². The van der Waals surface area contributed by atoms with E-state index < -0.39 is 17.7 Å². The first-order valence-corrected chi connectivity index (χ1v) is 7.30. The third-order valence-electron chi connectivity index (χ3n) is 3.67. The minimum atomic E-state index is -4.43. The molecule has 128 valence electrons. The molecule has 1 N–H and O–H groups in total. The van der Waals surface area contributed by atoms with Crippen LogP contribution in [0.2, 0.25) is 0 Å². The number of aromatic nitrogens is 1. The van der Waals surface area contributed by atoms with E-state index in [1.54, 1.807) is 30.3 Å². The molecule has 0 spiro atoms. The molecule has 0 unspecified atom stereocenters. The van der Waals surface area contributed by atoms with Gasteiger partial charge in [0.1, 0.15) is 0 Å². The van der Waals surface area contributed by atoms with E-state index >= 15 is 0 Å². The van der Waals surface area contributed by atoms with Crippen molar-refractivity contribution in [3.8, 4) is 0 Å². The third-order valence-corrected chi connectivity index (χ3v) is 3.67. The van der Waals surface area contributed by atoms with Gasteiger partial charge in [0.2, 0.25) is 0 Å². The van der Waals surface area contributed by atoms with E-state index in [1.807, 2.05) is 0 Å². The first-order valence-electron chi connectivity index (χ1n) is 7.30. The molecule has 0 saturated heterocycles. The van der Waals surface area contributed by atoms with Gasteiger partial charge >= 0.3 is 12.1 Å². The van der Waals surface area contributed by atoms with Crippen LogP contribution >= 0.6 is 0 Å². The maximum atomic E-state index is 12.8. The van der Waals surface area contributed by atoms with Gasteiger partial charge in [-0.2, -0.15) is 13.2 Å². The van der Waals surface area contributed by atoms with Crippen molar-refractivity contribution >= 4 is 28.2 Å². The maximum absolute atomic E-state index is 12.8. The highest BCUT2D eigenvalue weighted by atomic mass is 19.4. The molecule has 0 bridgehead atoms. The molecule has 1 aromatic heterocycles. The first-order chi connectivity index (χ1) is 11.9. The van der Waals surface area contributed by atoms with Gasteiger partial charge in [-0.25, -0.2) is 4.79 Å². The smallest absolute Gasteiger partial charge is 0.416 e. The van der Waals surface area contributed by atoms with Gasteiger partial charge in [-0.05, 0) is 30.3 Å². The van der Waals surface area contributed by atoms with Crippen molar-refractivity contribution in [1.29, 1.82) is 0 Å². The van der Waals surface area contributed by atoms with Crippen LogP contribution in [0.15, 0.2) is 54.7 Å². The normalized spacial score (nSPS) is 11.4. The molecule has 0 aliphatic carbocycles. The van der Waals surface area contributed by atoms with Crippen molar-refractivity contribution in [2.45, 2.75) is 6.18 Å². The number of ether oxygens (including phenoxy) is 1. The van der Waals surface area contributed by atoms with Gasteiger partial charge in [-0.1, -0.05) is 18.2 Å². The van der Waals surface area contributed by atoms with Crippen LogP contribution in [-0.4, -0.2) is 18.1 Å². The maximum Gasteiger partial charge on any atom is 0.416 e. The minimum Gasteiger partial charge on any atom is -0.465 e. The summed E-state index contributed by atoms with van der Waals surface area (Å²) >= 11 is 0. The number of nitrogens with zero attached hydrogens (tertiary/aromatic N) is 1. The Labute approximate surface area is 141 Å². The number of carbonyl (C=O) groups is 1. The molecule has 3 rings (SSSR count). The highest BCUT2D eigenvalue weighted by molar-refractivity contribution is 5.99. The molecule has 0 aliphatic rings. The van der Waals surface area contributed by atoms with Gasteiger partial charge in [0.25, 0.3) is 0 Å². The summed E-state index contributed by atoms with van der Waals surface area (Å²) in [5.41, 5.74) is 0.786. The Bertz CT molecular complexity index is 939. The molecule has 0 atom stereocenters. The number of pyridine rings is 1. The summed E-state index contributed by atoms with van der Waals surface area (Å²) in [6.07, 6.45) is -3.03. The Kier molecular flexibility index (Phi) is 4.31. The SMILES string of the molecule is COC(=O)c1ccccc1Nc1ccnc2cc(C(F)(F)F)ccc12. The second-order valence-electron chi connectivity index (χ2n) is 5.25. The van der Waals surface area contributed by atoms with E-state index in [-0.39, 0.29) is 5.52 Å². The third kappa shape index (κ3) is 3.40. The number of alkyl halides is 3. The first kappa shape index (κ1) is 16.8. The van der Waals surface area contributed by atoms with Crippen molar-refractivity contribution in [3.63, 3.8) is 0 Å². The van der Waals surface area contributed by atoms with E-state index in [0.717, 1.165) is 12.1 Å². The highest BCUT2D eigenvalue weighted by Gasteiger charge is 2.30. The lowest BCUT2D eigenvalue weighted by Crippen LogP contribution is -2.06. The lowest BCUT2D eigenvalue weighted by atomic mass is 10.1. The molecule has 0 radical (unpaired) electrons. The molecule has 3 aromatic rings. The molecule has 0 amide bonds. The number of hydrogen-bond acceptors (Lipinski definition) is 4. The van der Waals surface area contributed by atoms with Crippen LogP contribution in [0, 0.1) is 0 Å². The van der Waals surface area contributed by atoms with Crippen molar-refractivity contribution in [1.82, 2.24) is 4.98 Å². The summed E-state index contributed by atoms with van der Waals surface area (Å²) in [7, 11) is 1.28. The Morgan fingerprint density at radius 2 is 1.84 bits per heavy atom. The number of hydrogen-bond donors (Lipinski definition) is 1. The van der Waals surface area contributed by atoms with Crippen LogP contribution in [0.1, 0.15) is 15.9 Å². The highest BCUT2D eigenvalue weighted by Crippen LogP contribution is 2.33. The summed E-state index contributed by atoms with van der Waals surface area (Å²) in [4.78, 5) is 15.8. The summed E-state index contributed by atoms with van der Waals surface area (Å²) in [5.74, 6) is -0.513. The number of benzene rings is 2. The van der Waals surface area contributed by atoms with Crippen LogP contribution in [-0.2, 0) is 10.9 Å². The standard InChI is InChI=1S/C18H13F3N2O2/c1-25-17(24)13-4-2-3-5-14(13)23-15-8-9-22-16-10-11(18(19,20)21)6-7-12(15)16/h2-10H,1H3,(H,22,23). The number of esters is 1. The number of anilines is 2. The van der Waals surface area contributed by atoms with Gasteiger partial charge in [0.15, 0.2) is 0 Å². The topological polar surface area (TPSA) is 51.2 Å². The number of methoxy groups -OCH3 is 1. The van der Waals surface area contributed by atoms with Gasteiger partial charge in [-0.3, -0.25) is 4.98 Å². The predicted octanol–water partition coefficient (Wildman–Crippen LogP) is 4.78. The molecule has 0 aliphatic heterocycles.